The van der Waals surface area contributed by atoms with Crippen LogP contribution in [-0.2, 0) is 4.74 Å². The summed E-state index contributed by atoms with van der Waals surface area (Å²) in [5.41, 5.74) is 2.87. The third-order valence-electron chi connectivity index (χ3n) is 9.12. The number of fused-ring (bicyclic) bond motifs is 6. The van der Waals surface area contributed by atoms with Crippen LogP contribution in [0.2, 0.25) is 0 Å². The van der Waals surface area contributed by atoms with E-state index in [2.05, 4.69) is 37.2 Å². The van der Waals surface area contributed by atoms with Gasteiger partial charge >= 0.3 is 0 Å². The van der Waals surface area contributed by atoms with E-state index in [0.717, 1.165) is 48.3 Å². The summed E-state index contributed by atoms with van der Waals surface area (Å²) >= 11 is 0. The highest BCUT2D eigenvalue weighted by Crippen LogP contribution is 2.68. The maximum absolute atomic E-state index is 9.21. The molecule has 5 rings (SSSR count). The highest BCUT2D eigenvalue weighted by atomic mass is 16.5. The lowest BCUT2D eigenvalue weighted by Gasteiger charge is -2.58. The van der Waals surface area contributed by atoms with Crippen molar-refractivity contribution in [1.82, 2.24) is 0 Å². The molecule has 7 atom stereocenters. The number of allylic oxidation sites excluding steroid dienone is 2. The zero-order valence-electron chi connectivity index (χ0n) is 16.3. The normalized spacial score (nSPS) is 51.2. The average Bonchev–Trinajstić information content (AvgIpc) is 3.27. The molecule has 1 N–H and O–H groups in total. The first kappa shape index (κ1) is 17.0. The largest absolute Gasteiger partial charge is 0.411 e. The molecule has 0 aromatic carbocycles. The van der Waals surface area contributed by atoms with E-state index in [0.29, 0.717) is 5.41 Å². The zero-order valence-corrected chi connectivity index (χ0v) is 16.3. The van der Waals surface area contributed by atoms with Crippen LogP contribution in [0.3, 0.4) is 0 Å². The first-order chi connectivity index (χ1) is 12.6. The Kier molecular flexibility index (Phi) is 3.90. The van der Waals surface area contributed by atoms with Crippen LogP contribution in [0.5, 0.6) is 0 Å². The third kappa shape index (κ3) is 2.07. The second kappa shape index (κ2) is 5.95. The number of rotatable bonds is 1. The summed E-state index contributed by atoms with van der Waals surface area (Å²) < 4.78 is 6.45. The van der Waals surface area contributed by atoms with Crippen molar-refractivity contribution in [2.75, 3.05) is 6.61 Å². The van der Waals surface area contributed by atoms with Gasteiger partial charge in [-0.1, -0.05) is 36.7 Å². The molecule has 0 aromatic heterocycles. The summed E-state index contributed by atoms with van der Waals surface area (Å²) in [7, 11) is 0. The van der Waals surface area contributed by atoms with Gasteiger partial charge in [0.1, 0.15) is 0 Å². The van der Waals surface area contributed by atoms with Crippen LogP contribution in [0.15, 0.2) is 29.0 Å². The predicted molar refractivity (Wildman–Crippen MR) is 103 cm³/mol. The number of ether oxygens (including phenoxy) is 1. The molecule has 3 heteroatoms. The van der Waals surface area contributed by atoms with Gasteiger partial charge in [0.05, 0.1) is 17.9 Å². The van der Waals surface area contributed by atoms with Gasteiger partial charge in [-0.3, -0.25) is 0 Å². The number of nitrogens with zero attached hydrogens (tertiary/aromatic N) is 1. The zero-order chi connectivity index (χ0) is 17.9. The number of oxime groups is 1. The summed E-state index contributed by atoms with van der Waals surface area (Å²) in [6.07, 6.45) is 16.8. The van der Waals surface area contributed by atoms with Crippen LogP contribution < -0.4 is 0 Å². The van der Waals surface area contributed by atoms with Crippen LogP contribution in [0.4, 0.5) is 0 Å². The molecule has 0 radical (unpaired) electrons. The standard InChI is InChI=1S/C23H33NO2/c1-3-22-10-7-19-18-6-5-17(24-25)14-16(18)13-15(2)21(19)20(22)8-11-23(22)9-4-12-26-23/h4,9,14-15,18-21,25H,3,5-8,10-13H2,1-2H3/t15?,18-,19?,20?,21?,22-,23-/m0/s1. The van der Waals surface area contributed by atoms with Gasteiger partial charge in [0.15, 0.2) is 0 Å². The van der Waals surface area contributed by atoms with E-state index in [9.17, 15) is 5.21 Å². The molecule has 5 aliphatic rings. The molecular weight excluding hydrogens is 322 g/mol. The summed E-state index contributed by atoms with van der Waals surface area (Å²) in [4.78, 5) is 0. The molecule has 1 spiro atoms. The van der Waals surface area contributed by atoms with Crippen molar-refractivity contribution in [3.05, 3.63) is 23.8 Å². The van der Waals surface area contributed by atoms with E-state index in [1.54, 1.807) is 5.57 Å². The fraction of sp³-hybridized carbons (Fsp3) is 0.783. The molecule has 0 bridgehead atoms. The Hall–Kier alpha value is -1.09. The number of hydrogen-bond donors (Lipinski definition) is 1. The molecule has 3 fully saturated rings. The van der Waals surface area contributed by atoms with Crippen LogP contribution in [0.25, 0.3) is 0 Å². The molecule has 142 valence electrons. The molecule has 1 aliphatic heterocycles. The summed E-state index contributed by atoms with van der Waals surface area (Å²) in [5, 5.41) is 12.7. The van der Waals surface area contributed by atoms with Gasteiger partial charge < -0.3 is 9.94 Å². The average molecular weight is 356 g/mol. The molecule has 4 unspecified atom stereocenters. The minimum Gasteiger partial charge on any atom is -0.411 e. The molecule has 3 saturated carbocycles. The Morgan fingerprint density at radius 3 is 2.88 bits per heavy atom. The van der Waals surface area contributed by atoms with Gasteiger partial charge in [0, 0.05) is 5.41 Å². The highest BCUT2D eigenvalue weighted by molar-refractivity contribution is 5.96. The summed E-state index contributed by atoms with van der Waals surface area (Å²) in [6.45, 7) is 5.72. The van der Waals surface area contributed by atoms with Crippen molar-refractivity contribution in [2.45, 2.75) is 70.8 Å². The first-order valence-electron chi connectivity index (χ1n) is 10.9. The monoisotopic (exact) mass is 355 g/mol. The molecule has 0 aromatic rings. The Morgan fingerprint density at radius 2 is 2.15 bits per heavy atom. The van der Waals surface area contributed by atoms with Crippen molar-refractivity contribution in [3.8, 4) is 0 Å². The van der Waals surface area contributed by atoms with Gasteiger partial charge in [-0.25, -0.2) is 0 Å². The maximum Gasteiger partial charge on any atom is 0.0926 e. The van der Waals surface area contributed by atoms with Crippen LogP contribution in [-0.4, -0.2) is 23.1 Å². The smallest absolute Gasteiger partial charge is 0.0926 e. The van der Waals surface area contributed by atoms with Gasteiger partial charge in [0.2, 0.25) is 0 Å². The molecular formula is C23H33NO2. The second-order valence-electron chi connectivity index (χ2n) is 9.67. The van der Waals surface area contributed by atoms with E-state index in [1.165, 1.54) is 44.9 Å². The topological polar surface area (TPSA) is 41.8 Å². The van der Waals surface area contributed by atoms with Gasteiger partial charge in [0.25, 0.3) is 0 Å². The van der Waals surface area contributed by atoms with Crippen molar-refractivity contribution < 1.29 is 9.94 Å². The Labute approximate surface area is 157 Å². The van der Waals surface area contributed by atoms with Crippen LogP contribution in [0.1, 0.15) is 65.2 Å². The lowest BCUT2D eigenvalue weighted by atomic mass is 9.47. The fourth-order valence-electron chi connectivity index (χ4n) is 8.22. The molecule has 0 amide bonds. The third-order valence-corrected chi connectivity index (χ3v) is 9.12. The minimum atomic E-state index is 0.0382. The van der Waals surface area contributed by atoms with E-state index in [4.69, 9.17) is 4.74 Å². The van der Waals surface area contributed by atoms with E-state index < -0.39 is 0 Å². The van der Waals surface area contributed by atoms with Crippen LogP contribution >= 0.6 is 0 Å². The van der Waals surface area contributed by atoms with Crippen LogP contribution in [0, 0.1) is 35.0 Å². The molecule has 3 nitrogen and oxygen atoms in total. The van der Waals surface area contributed by atoms with Gasteiger partial charge in [-0.15, -0.1) is 0 Å². The highest BCUT2D eigenvalue weighted by Gasteiger charge is 2.65. The molecule has 4 aliphatic carbocycles. The maximum atomic E-state index is 9.21. The lowest BCUT2D eigenvalue weighted by molar-refractivity contribution is -0.130. The minimum absolute atomic E-state index is 0.0382. The van der Waals surface area contributed by atoms with Gasteiger partial charge in [-0.05, 0) is 87.0 Å². The number of hydrogen-bond acceptors (Lipinski definition) is 3. The SMILES string of the molecule is CC[C@]12CCC3C(C(C)CC4=CC(=NO)CC[C@@H]43)C1CC[C@@]21C=CCO1. The van der Waals surface area contributed by atoms with E-state index >= 15 is 0 Å². The van der Waals surface area contributed by atoms with Crippen molar-refractivity contribution >= 4 is 5.71 Å². The van der Waals surface area contributed by atoms with Crippen molar-refractivity contribution in [2.24, 2.45) is 40.2 Å². The molecule has 1 heterocycles. The fourth-order valence-corrected chi connectivity index (χ4v) is 8.22. The molecule has 26 heavy (non-hydrogen) atoms. The van der Waals surface area contributed by atoms with E-state index in [1.807, 2.05) is 0 Å². The molecule has 0 saturated heterocycles. The summed E-state index contributed by atoms with van der Waals surface area (Å²) in [6, 6.07) is 0. The quantitative estimate of drug-likeness (QED) is 0.391. The lowest BCUT2D eigenvalue weighted by Crippen LogP contribution is -2.55. The van der Waals surface area contributed by atoms with E-state index in [-0.39, 0.29) is 5.60 Å². The Morgan fingerprint density at radius 1 is 1.27 bits per heavy atom. The Bertz CT molecular complexity index is 680. The van der Waals surface area contributed by atoms with Crippen molar-refractivity contribution in [3.63, 3.8) is 0 Å². The predicted octanol–water partition coefficient (Wildman–Crippen LogP) is 5.35. The Balaban J connectivity index is 1.51. The summed E-state index contributed by atoms with van der Waals surface area (Å²) in [5.74, 6) is 3.95. The van der Waals surface area contributed by atoms with Crippen molar-refractivity contribution in [1.29, 1.82) is 0 Å². The van der Waals surface area contributed by atoms with Gasteiger partial charge in [-0.2, -0.15) is 0 Å². The first-order valence-corrected chi connectivity index (χ1v) is 10.9. The second-order valence-corrected chi connectivity index (χ2v) is 9.67.